The maximum absolute atomic E-state index is 12.0. The molecule has 25 heavy (non-hydrogen) atoms. The first kappa shape index (κ1) is 19.4. The molecule has 0 aromatic heterocycles. The lowest BCUT2D eigenvalue weighted by atomic mass is 10.2. The number of amides is 2. The molecule has 0 atom stereocenters. The number of carbonyl (C=O) groups excluding carboxylic acids is 2. The summed E-state index contributed by atoms with van der Waals surface area (Å²) < 4.78 is 0.876. The molecule has 0 fully saturated rings. The molecule has 8 heteroatoms. The molecule has 0 saturated heterocycles. The average molecular weight is 443 g/mol. The lowest BCUT2D eigenvalue weighted by molar-refractivity contribution is -0.115. The summed E-state index contributed by atoms with van der Waals surface area (Å²) in [4.78, 5) is 24.0. The van der Waals surface area contributed by atoms with Crippen molar-refractivity contribution >= 4 is 62.3 Å². The number of hydrazone groups is 1. The zero-order valence-electron chi connectivity index (χ0n) is 13.1. The van der Waals surface area contributed by atoms with E-state index in [4.69, 9.17) is 23.2 Å². The van der Waals surface area contributed by atoms with E-state index in [0.717, 1.165) is 4.47 Å². The van der Waals surface area contributed by atoms with Crippen LogP contribution in [-0.2, 0) is 4.79 Å². The number of nitrogens with one attached hydrogen (secondary N) is 2. The molecule has 0 bridgehead atoms. The van der Waals surface area contributed by atoms with Crippen LogP contribution in [0, 0.1) is 0 Å². The van der Waals surface area contributed by atoms with E-state index < -0.39 is 0 Å². The van der Waals surface area contributed by atoms with E-state index >= 15 is 0 Å². The van der Waals surface area contributed by atoms with Crippen LogP contribution >= 0.6 is 39.1 Å². The second kappa shape index (κ2) is 8.99. The fourth-order valence-corrected chi connectivity index (χ4v) is 2.71. The summed E-state index contributed by atoms with van der Waals surface area (Å²) in [6.45, 7) is 1.65. The van der Waals surface area contributed by atoms with Gasteiger partial charge in [-0.25, -0.2) is 5.43 Å². The molecule has 0 aliphatic heterocycles. The van der Waals surface area contributed by atoms with Crippen molar-refractivity contribution in [2.24, 2.45) is 5.10 Å². The van der Waals surface area contributed by atoms with Crippen molar-refractivity contribution in [1.82, 2.24) is 5.43 Å². The van der Waals surface area contributed by atoms with E-state index in [9.17, 15) is 9.59 Å². The van der Waals surface area contributed by atoms with Gasteiger partial charge in [-0.05, 0) is 49.4 Å². The van der Waals surface area contributed by atoms with Gasteiger partial charge >= 0.3 is 0 Å². The third-order valence-electron chi connectivity index (χ3n) is 3.02. The second-order valence-electron chi connectivity index (χ2n) is 5.18. The summed E-state index contributed by atoms with van der Waals surface area (Å²) in [5.41, 5.74) is 3.84. The maximum Gasteiger partial charge on any atom is 0.271 e. The third-order valence-corrected chi connectivity index (χ3v) is 3.98. The van der Waals surface area contributed by atoms with Gasteiger partial charge in [-0.1, -0.05) is 39.1 Å². The van der Waals surface area contributed by atoms with Gasteiger partial charge in [-0.2, -0.15) is 5.10 Å². The molecule has 0 radical (unpaired) electrons. The van der Waals surface area contributed by atoms with Crippen LogP contribution in [0.4, 0.5) is 5.69 Å². The minimum absolute atomic E-state index is 0.0186. The molecule has 2 aromatic carbocycles. The van der Waals surface area contributed by atoms with Gasteiger partial charge in [0.1, 0.15) is 0 Å². The normalized spacial score (nSPS) is 11.1. The predicted molar refractivity (Wildman–Crippen MR) is 104 cm³/mol. The smallest absolute Gasteiger partial charge is 0.271 e. The van der Waals surface area contributed by atoms with E-state index in [1.165, 1.54) is 0 Å². The summed E-state index contributed by atoms with van der Waals surface area (Å²) in [7, 11) is 0. The standard InChI is InChI=1S/C17H14BrCl2N3O2/c1-10(22-23-17(25)11-2-4-12(18)5-3-11)6-16(24)21-15-8-13(19)7-14(20)9-15/h2-5,7-9H,6H2,1H3,(H,21,24)(H,23,25)/b22-10+. The highest BCUT2D eigenvalue weighted by Gasteiger charge is 2.08. The van der Waals surface area contributed by atoms with Crippen LogP contribution in [0.25, 0.3) is 0 Å². The number of halogens is 3. The van der Waals surface area contributed by atoms with E-state index in [0.29, 0.717) is 27.0 Å². The molecule has 2 amide bonds. The molecule has 0 aliphatic rings. The Hall–Kier alpha value is -1.89. The molecule has 2 N–H and O–H groups in total. The minimum atomic E-state index is -0.353. The summed E-state index contributed by atoms with van der Waals surface area (Å²) >= 11 is 15.1. The van der Waals surface area contributed by atoms with Crippen molar-refractivity contribution in [2.75, 3.05) is 5.32 Å². The van der Waals surface area contributed by atoms with Gasteiger partial charge in [-0.3, -0.25) is 9.59 Å². The molecule has 0 aliphatic carbocycles. The Morgan fingerprint density at radius 2 is 1.68 bits per heavy atom. The van der Waals surface area contributed by atoms with E-state index in [1.807, 2.05) is 0 Å². The number of anilines is 1. The Labute approximate surface area is 163 Å². The van der Waals surface area contributed by atoms with Crippen LogP contribution < -0.4 is 10.7 Å². The van der Waals surface area contributed by atoms with Crippen LogP contribution in [0.15, 0.2) is 52.0 Å². The van der Waals surface area contributed by atoms with Gasteiger partial charge in [0, 0.05) is 31.5 Å². The Morgan fingerprint density at radius 3 is 2.28 bits per heavy atom. The highest BCUT2D eigenvalue weighted by atomic mass is 79.9. The molecule has 2 aromatic rings. The van der Waals surface area contributed by atoms with Crippen molar-refractivity contribution in [3.63, 3.8) is 0 Å². The fourth-order valence-electron chi connectivity index (χ4n) is 1.92. The SMILES string of the molecule is C/C(CC(=O)Nc1cc(Cl)cc(Cl)c1)=N\NC(=O)c1ccc(Br)cc1. The number of rotatable bonds is 5. The first-order chi connectivity index (χ1) is 11.8. The minimum Gasteiger partial charge on any atom is -0.326 e. The summed E-state index contributed by atoms with van der Waals surface area (Å²) in [5, 5.41) is 7.46. The van der Waals surface area contributed by atoms with Gasteiger partial charge < -0.3 is 5.32 Å². The van der Waals surface area contributed by atoms with Gasteiger partial charge in [0.05, 0.1) is 6.42 Å². The monoisotopic (exact) mass is 441 g/mol. The number of nitrogens with zero attached hydrogens (tertiary/aromatic N) is 1. The first-order valence-electron chi connectivity index (χ1n) is 7.18. The number of carbonyl (C=O) groups is 2. The van der Waals surface area contributed by atoms with E-state index in [-0.39, 0.29) is 18.2 Å². The lowest BCUT2D eigenvalue weighted by Gasteiger charge is -2.07. The van der Waals surface area contributed by atoms with Gasteiger partial charge in [0.15, 0.2) is 0 Å². The number of benzene rings is 2. The van der Waals surface area contributed by atoms with Crippen LogP contribution in [0.2, 0.25) is 10.0 Å². The summed E-state index contributed by atoms with van der Waals surface area (Å²) in [6, 6.07) is 11.6. The molecule has 2 rings (SSSR count). The topological polar surface area (TPSA) is 70.6 Å². The van der Waals surface area contributed by atoms with Crippen LogP contribution in [-0.4, -0.2) is 17.5 Å². The summed E-state index contributed by atoms with van der Waals surface area (Å²) in [6.07, 6.45) is 0.0186. The lowest BCUT2D eigenvalue weighted by Crippen LogP contribution is -2.21. The van der Waals surface area contributed by atoms with E-state index in [1.54, 1.807) is 49.4 Å². The second-order valence-corrected chi connectivity index (χ2v) is 6.97. The Bertz CT molecular complexity index is 803. The van der Waals surface area contributed by atoms with Crippen LogP contribution in [0.5, 0.6) is 0 Å². The molecule has 0 unspecified atom stereocenters. The molecule has 130 valence electrons. The highest BCUT2D eigenvalue weighted by Crippen LogP contribution is 2.22. The average Bonchev–Trinajstić information content (AvgIpc) is 2.52. The van der Waals surface area contributed by atoms with Crippen molar-refractivity contribution < 1.29 is 9.59 Å². The maximum atomic E-state index is 12.0. The molecule has 0 spiro atoms. The zero-order chi connectivity index (χ0) is 18.4. The Balaban J connectivity index is 1.90. The Morgan fingerprint density at radius 1 is 1.08 bits per heavy atom. The largest absolute Gasteiger partial charge is 0.326 e. The quantitative estimate of drug-likeness (QED) is 0.511. The first-order valence-corrected chi connectivity index (χ1v) is 8.73. The number of hydrogen-bond acceptors (Lipinski definition) is 3. The molecule has 5 nitrogen and oxygen atoms in total. The zero-order valence-corrected chi connectivity index (χ0v) is 16.2. The van der Waals surface area contributed by atoms with Gasteiger partial charge in [0.2, 0.25) is 5.91 Å². The van der Waals surface area contributed by atoms with Crippen molar-refractivity contribution in [3.05, 3.63) is 62.5 Å². The highest BCUT2D eigenvalue weighted by molar-refractivity contribution is 9.10. The van der Waals surface area contributed by atoms with Crippen LogP contribution in [0.3, 0.4) is 0 Å². The number of hydrogen-bond donors (Lipinski definition) is 2. The molecule has 0 heterocycles. The van der Waals surface area contributed by atoms with Crippen LogP contribution in [0.1, 0.15) is 23.7 Å². The van der Waals surface area contributed by atoms with Crippen molar-refractivity contribution in [3.8, 4) is 0 Å². The van der Waals surface area contributed by atoms with E-state index in [2.05, 4.69) is 31.8 Å². The van der Waals surface area contributed by atoms with Gasteiger partial charge in [-0.15, -0.1) is 0 Å². The molecular formula is C17H14BrCl2N3O2. The van der Waals surface area contributed by atoms with Gasteiger partial charge in [0.25, 0.3) is 5.91 Å². The third kappa shape index (κ3) is 6.49. The predicted octanol–water partition coefficient (Wildman–Crippen LogP) is 4.89. The Kier molecular flexibility index (Phi) is 6.99. The molecular weight excluding hydrogens is 429 g/mol. The molecule has 0 saturated carbocycles. The van der Waals surface area contributed by atoms with Crippen molar-refractivity contribution in [1.29, 1.82) is 0 Å². The van der Waals surface area contributed by atoms with Crippen molar-refractivity contribution in [2.45, 2.75) is 13.3 Å². The fraction of sp³-hybridized carbons (Fsp3) is 0.118. The summed E-state index contributed by atoms with van der Waals surface area (Å²) in [5.74, 6) is -0.647.